The fourth-order valence-corrected chi connectivity index (χ4v) is 5.14. The predicted molar refractivity (Wildman–Crippen MR) is 102 cm³/mol. The van der Waals surface area contributed by atoms with Crippen LogP contribution in [0.5, 0.6) is 11.5 Å². The van der Waals surface area contributed by atoms with Gasteiger partial charge >= 0.3 is 0 Å². The molecule has 0 N–H and O–H groups in total. The van der Waals surface area contributed by atoms with Crippen molar-refractivity contribution in [1.82, 2.24) is 5.01 Å². The minimum atomic E-state index is -0.254. The van der Waals surface area contributed by atoms with E-state index in [1.807, 2.05) is 0 Å². The maximum Gasteiger partial charge on any atom is 0.254 e. The Morgan fingerprint density at radius 1 is 1.08 bits per heavy atom. The van der Waals surface area contributed by atoms with Crippen LogP contribution in [-0.2, 0) is 9.59 Å². The molecule has 0 aromatic heterocycles. The highest BCUT2D eigenvalue weighted by molar-refractivity contribution is 9.13. The standard InChI is InChI=1S/C18H16Br2N2O4/c1-25-11-6-10(14(19)15(20)16(11)26-2)7-21-22-17(23)12-8-3-4-9(5-8)13(12)18(22)24/h3-4,6-9,12-13H,5H2,1-2H3/t8-,9-,12-,13+/m0/s1. The molecule has 6 nitrogen and oxygen atoms in total. The van der Waals surface area contributed by atoms with Crippen LogP contribution in [0.1, 0.15) is 12.0 Å². The van der Waals surface area contributed by atoms with Gasteiger partial charge in [-0.2, -0.15) is 10.1 Å². The molecule has 4 rings (SSSR count). The number of hydrogen-bond donors (Lipinski definition) is 0. The Morgan fingerprint density at radius 3 is 2.23 bits per heavy atom. The van der Waals surface area contributed by atoms with E-state index in [2.05, 4.69) is 49.1 Å². The summed E-state index contributed by atoms with van der Waals surface area (Å²) in [6.45, 7) is 0. The second-order valence-electron chi connectivity index (χ2n) is 6.56. The van der Waals surface area contributed by atoms with Crippen molar-refractivity contribution < 1.29 is 19.1 Å². The molecule has 1 saturated carbocycles. The largest absolute Gasteiger partial charge is 0.493 e. The van der Waals surface area contributed by atoms with Crippen molar-refractivity contribution in [3.63, 3.8) is 0 Å². The molecule has 1 aromatic rings. The summed E-state index contributed by atoms with van der Waals surface area (Å²) in [6, 6.07) is 1.73. The first-order valence-corrected chi connectivity index (χ1v) is 9.76. The summed E-state index contributed by atoms with van der Waals surface area (Å²) in [5.41, 5.74) is 0.660. The summed E-state index contributed by atoms with van der Waals surface area (Å²) < 4.78 is 12.0. The highest BCUT2D eigenvalue weighted by Gasteiger charge is 2.59. The van der Waals surface area contributed by atoms with Gasteiger partial charge in [-0.25, -0.2) is 0 Å². The van der Waals surface area contributed by atoms with Gasteiger partial charge in [0.25, 0.3) is 11.8 Å². The number of carbonyl (C=O) groups excluding carboxylic acids is 2. The molecule has 8 heteroatoms. The number of carbonyl (C=O) groups is 2. The molecule has 2 aliphatic carbocycles. The van der Waals surface area contributed by atoms with Gasteiger partial charge in [-0.1, -0.05) is 12.2 Å². The molecule has 2 amide bonds. The van der Waals surface area contributed by atoms with Crippen LogP contribution in [0, 0.1) is 23.7 Å². The third-order valence-electron chi connectivity index (χ3n) is 5.34. The van der Waals surface area contributed by atoms with E-state index in [1.165, 1.54) is 13.3 Å². The maximum absolute atomic E-state index is 12.7. The molecule has 136 valence electrons. The molecule has 0 spiro atoms. The topological polar surface area (TPSA) is 68.2 Å². The first-order chi connectivity index (χ1) is 12.5. The Morgan fingerprint density at radius 2 is 1.69 bits per heavy atom. The number of hydrazone groups is 1. The highest BCUT2D eigenvalue weighted by atomic mass is 79.9. The van der Waals surface area contributed by atoms with E-state index in [0.717, 1.165) is 11.4 Å². The molecule has 0 unspecified atom stereocenters. The van der Waals surface area contributed by atoms with E-state index in [0.29, 0.717) is 26.0 Å². The molecule has 1 heterocycles. The molecule has 2 bridgehead atoms. The summed E-state index contributed by atoms with van der Waals surface area (Å²) in [4.78, 5) is 25.4. The van der Waals surface area contributed by atoms with Crippen molar-refractivity contribution in [2.24, 2.45) is 28.8 Å². The average molecular weight is 484 g/mol. The average Bonchev–Trinajstić information content (AvgIpc) is 3.31. The van der Waals surface area contributed by atoms with Gasteiger partial charge in [-0.3, -0.25) is 9.59 Å². The molecule has 4 atom stereocenters. The molecule has 3 aliphatic rings. The van der Waals surface area contributed by atoms with Gasteiger partial charge in [0.15, 0.2) is 11.5 Å². The molecular weight excluding hydrogens is 468 g/mol. The molecule has 1 aliphatic heterocycles. The quantitative estimate of drug-likeness (QED) is 0.374. The normalized spacial score (nSPS) is 29.2. The third kappa shape index (κ3) is 2.45. The molecule has 0 radical (unpaired) electrons. The van der Waals surface area contributed by atoms with E-state index in [9.17, 15) is 9.59 Å². The number of hydrogen-bond acceptors (Lipinski definition) is 5. The molecule has 26 heavy (non-hydrogen) atoms. The van der Waals surface area contributed by atoms with Crippen LogP contribution in [0.4, 0.5) is 0 Å². The summed E-state index contributed by atoms with van der Waals surface area (Å²) in [6.07, 6.45) is 6.51. The van der Waals surface area contributed by atoms with Crippen LogP contribution in [0.3, 0.4) is 0 Å². The molecule has 1 saturated heterocycles. The van der Waals surface area contributed by atoms with E-state index >= 15 is 0 Å². The van der Waals surface area contributed by atoms with Crippen LogP contribution in [0.15, 0.2) is 32.3 Å². The van der Waals surface area contributed by atoms with Crippen LogP contribution in [-0.4, -0.2) is 37.3 Å². The van der Waals surface area contributed by atoms with Gasteiger partial charge in [-0.05, 0) is 56.2 Å². The van der Waals surface area contributed by atoms with Gasteiger partial charge in [-0.15, -0.1) is 0 Å². The number of ether oxygens (including phenoxy) is 2. The van der Waals surface area contributed by atoms with Crippen molar-refractivity contribution in [2.45, 2.75) is 6.42 Å². The van der Waals surface area contributed by atoms with Crippen molar-refractivity contribution in [2.75, 3.05) is 14.2 Å². The molecule has 2 fully saturated rings. The van der Waals surface area contributed by atoms with E-state index in [4.69, 9.17) is 9.47 Å². The number of imide groups is 1. The molecule has 1 aromatic carbocycles. The minimum Gasteiger partial charge on any atom is -0.493 e. The van der Waals surface area contributed by atoms with E-state index in [1.54, 1.807) is 13.2 Å². The first-order valence-electron chi connectivity index (χ1n) is 8.18. The van der Waals surface area contributed by atoms with Crippen molar-refractivity contribution in [1.29, 1.82) is 0 Å². The Bertz CT molecular complexity index is 837. The lowest BCUT2D eigenvalue weighted by molar-refractivity contribution is -0.140. The van der Waals surface area contributed by atoms with Crippen LogP contribution < -0.4 is 9.47 Å². The number of rotatable bonds is 4. The lowest BCUT2D eigenvalue weighted by Gasteiger charge is -2.14. The second kappa shape index (κ2) is 6.49. The van der Waals surface area contributed by atoms with Crippen molar-refractivity contribution in [3.8, 4) is 11.5 Å². The summed E-state index contributed by atoms with van der Waals surface area (Å²) in [5, 5.41) is 5.23. The van der Waals surface area contributed by atoms with Crippen LogP contribution in [0.2, 0.25) is 0 Å². The van der Waals surface area contributed by atoms with Gasteiger partial charge in [0.2, 0.25) is 0 Å². The number of nitrogens with zero attached hydrogens (tertiary/aromatic N) is 2. The number of amides is 2. The smallest absolute Gasteiger partial charge is 0.254 e. The Balaban J connectivity index is 1.64. The van der Waals surface area contributed by atoms with Crippen LogP contribution >= 0.6 is 31.9 Å². The summed E-state index contributed by atoms with van der Waals surface area (Å²) >= 11 is 6.93. The monoisotopic (exact) mass is 482 g/mol. The lowest BCUT2D eigenvalue weighted by Crippen LogP contribution is -2.28. The van der Waals surface area contributed by atoms with E-state index < -0.39 is 0 Å². The zero-order valence-electron chi connectivity index (χ0n) is 14.1. The van der Waals surface area contributed by atoms with E-state index in [-0.39, 0.29) is 35.5 Å². The first kappa shape index (κ1) is 17.7. The maximum atomic E-state index is 12.7. The fraction of sp³-hybridized carbons (Fsp3) is 0.389. The SMILES string of the molecule is COc1cc(C=NN2C(=O)[C@@H]3[C@H](C2=O)[C@H]2C=C[C@H]3C2)c(Br)c(Br)c1OC. The summed E-state index contributed by atoms with van der Waals surface area (Å²) in [5.74, 6) is 0.481. The fourth-order valence-electron chi connectivity index (χ4n) is 4.16. The Hall–Kier alpha value is -1.67. The number of allylic oxidation sites excluding steroid dienone is 2. The van der Waals surface area contributed by atoms with Crippen LogP contribution in [0.25, 0.3) is 0 Å². The van der Waals surface area contributed by atoms with Gasteiger partial charge in [0, 0.05) is 10.0 Å². The second-order valence-corrected chi connectivity index (χ2v) is 8.15. The molecular formula is C18H16Br2N2O4. The summed E-state index contributed by atoms with van der Waals surface area (Å²) in [7, 11) is 3.09. The van der Waals surface area contributed by atoms with Gasteiger partial charge in [0.05, 0.1) is 36.7 Å². The number of halogens is 2. The lowest BCUT2D eigenvalue weighted by atomic mass is 9.85. The Labute approximate surface area is 167 Å². The van der Waals surface area contributed by atoms with Gasteiger partial charge < -0.3 is 9.47 Å². The van der Waals surface area contributed by atoms with Crippen molar-refractivity contribution in [3.05, 3.63) is 32.7 Å². The number of methoxy groups -OCH3 is 2. The number of fused-ring (bicyclic) bond motifs is 5. The predicted octanol–water partition coefficient (Wildman–Crippen LogP) is 3.37. The Kier molecular flexibility index (Phi) is 4.43. The number of benzene rings is 1. The zero-order valence-corrected chi connectivity index (χ0v) is 17.3. The highest BCUT2D eigenvalue weighted by Crippen LogP contribution is 2.52. The van der Waals surface area contributed by atoms with Crippen molar-refractivity contribution >= 4 is 49.9 Å². The zero-order chi connectivity index (χ0) is 18.6. The third-order valence-corrected chi connectivity index (χ3v) is 7.48. The van der Waals surface area contributed by atoms with Gasteiger partial charge in [0.1, 0.15) is 0 Å². The minimum absolute atomic E-state index is 0.170.